The Hall–Kier alpha value is -1.98. The van der Waals surface area contributed by atoms with Gasteiger partial charge in [0.1, 0.15) is 0 Å². The molecule has 0 unspecified atom stereocenters. The fourth-order valence-corrected chi connectivity index (χ4v) is 1.69. The number of halogens is 3. The van der Waals surface area contributed by atoms with Crippen LogP contribution in [-0.2, 0) is 12.7 Å². The van der Waals surface area contributed by atoms with Crippen molar-refractivity contribution in [3.05, 3.63) is 47.8 Å². The Bertz CT molecular complexity index is 531. The molecule has 0 saturated carbocycles. The van der Waals surface area contributed by atoms with Crippen molar-refractivity contribution in [2.45, 2.75) is 12.7 Å². The maximum atomic E-state index is 12.8. The normalized spacial score (nSPS) is 11.6. The van der Waals surface area contributed by atoms with Crippen LogP contribution in [0.15, 0.2) is 36.7 Å². The second-order valence-electron chi connectivity index (χ2n) is 3.83. The van der Waals surface area contributed by atoms with Crippen LogP contribution in [0.3, 0.4) is 0 Å². The molecule has 0 fully saturated rings. The number of alkyl halides is 3. The van der Waals surface area contributed by atoms with Crippen molar-refractivity contribution < 1.29 is 13.2 Å². The number of anilines is 1. The van der Waals surface area contributed by atoms with Gasteiger partial charge in [-0.1, -0.05) is 18.2 Å². The maximum absolute atomic E-state index is 12.8. The predicted molar refractivity (Wildman–Crippen MR) is 62.3 cm³/mol. The minimum Gasteiger partial charge on any atom is -0.386 e. The Labute approximate surface area is 102 Å². The van der Waals surface area contributed by atoms with Gasteiger partial charge in [-0.15, -0.1) is 0 Å². The van der Waals surface area contributed by atoms with Crippen LogP contribution in [0.4, 0.5) is 18.9 Å². The molecule has 2 rings (SSSR count). The summed E-state index contributed by atoms with van der Waals surface area (Å²) in [6.07, 6.45) is -1.11. The summed E-state index contributed by atoms with van der Waals surface area (Å²) < 4.78 is 39.8. The molecule has 1 N–H and O–H groups in total. The van der Waals surface area contributed by atoms with Crippen LogP contribution in [0.2, 0.25) is 0 Å². The van der Waals surface area contributed by atoms with Crippen LogP contribution < -0.4 is 5.32 Å². The quantitative estimate of drug-likeness (QED) is 0.913. The molecule has 1 aromatic carbocycles. The molecule has 96 valence electrons. The van der Waals surface area contributed by atoms with E-state index in [1.165, 1.54) is 16.8 Å². The summed E-state index contributed by atoms with van der Waals surface area (Å²) in [5.41, 5.74) is 0.349. The van der Waals surface area contributed by atoms with E-state index in [1.807, 2.05) is 0 Å². The summed E-state index contributed by atoms with van der Waals surface area (Å²) >= 11 is 0. The molecule has 1 heterocycles. The number of aromatic nitrogens is 2. The van der Waals surface area contributed by atoms with E-state index in [1.54, 1.807) is 25.5 Å². The third-order valence-corrected chi connectivity index (χ3v) is 2.58. The summed E-state index contributed by atoms with van der Waals surface area (Å²) in [6.45, 7) is 0.0946. The van der Waals surface area contributed by atoms with Gasteiger partial charge in [-0.2, -0.15) is 18.3 Å². The second kappa shape index (κ2) is 4.72. The van der Waals surface area contributed by atoms with Gasteiger partial charge in [0.25, 0.3) is 0 Å². The largest absolute Gasteiger partial charge is 0.416 e. The molecule has 6 heteroatoms. The van der Waals surface area contributed by atoms with Gasteiger partial charge < -0.3 is 5.32 Å². The lowest BCUT2D eigenvalue weighted by atomic mass is 10.1. The highest BCUT2D eigenvalue weighted by Gasteiger charge is 2.32. The first-order chi connectivity index (χ1) is 8.50. The Morgan fingerprint density at radius 1 is 1.28 bits per heavy atom. The number of hydrogen-bond acceptors (Lipinski definition) is 2. The zero-order valence-corrected chi connectivity index (χ0v) is 9.70. The Morgan fingerprint density at radius 3 is 2.61 bits per heavy atom. The van der Waals surface area contributed by atoms with E-state index in [9.17, 15) is 13.2 Å². The third-order valence-electron chi connectivity index (χ3n) is 2.58. The standard InChI is InChI=1S/C12H12F3N3/c1-16-10-6-17-18(8-10)7-9-4-2-3-5-11(9)12(13,14)15/h2-6,8,16H,7H2,1H3. The molecule has 0 spiro atoms. The number of rotatable bonds is 3. The molecule has 0 bridgehead atoms. The Balaban J connectivity index is 2.29. The van der Waals surface area contributed by atoms with Gasteiger partial charge in [0.15, 0.2) is 0 Å². The third kappa shape index (κ3) is 2.64. The molecule has 0 aliphatic heterocycles. The monoisotopic (exact) mass is 255 g/mol. The number of hydrogen-bond donors (Lipinski definition) is 1. The maximum Gasteiger partial charge on any atom is 0.416 e. The van der Waals surface area contributed by atoms with E-state index in [0.717, 1.165) is 11.8 Å². The van der Waals surface area contributed by atoms with Crippen molar-refractivity contribution in [1.29, 1.82) is 0 Å². The van der Waals surface area contributed by atoms with Crippen LogP contribution in [0.5, 0.6) is 0 Å². The SMILES string of the molecule is CNc1cnn(Cc2ccccc2C(F)(F)F)c1. The molecule has 18 heavy (non-hydrogen) atoms. The summed E-state index contributed by atoms with van der Waals surface area (Å²) in [4.78, 5) is 0. The van der Waals surface area contributed by atoms with Gasteiger partial charge in [0.2, 0.25) is 0 Å². The van der Waals surface area contributed by atoms with E-state index in [0.29, 0.717) is 0 Å². The molecule has 3 nitrogen and oxygen atoms in total. The van der Waals surface area contributed by atoms with Gasteiger partial charge in [0, 0.05) is 13.2 Å². The van der Waals surface area contributed by atoms with Crippen molar-refractivity contribution in [1.82, 2.24) is 9.78 Å². The van der Waals surface area contributed by atoms with Gasteiger partial charge in [0.05, 0.1) is 24.0 Å². The minimum absolute atomic E-state index is 0.0946. The van der Waals surface area contributed by atoms with E-state index in [-0.39, 0.29) is 12.1 Å². The number of nitrogens with zero attached hydrogens (tertiary/aromatic N) is 2. The van der Waals surface area contributed by atoms with Crippen molar-refractivity contribution in [2.24, 2.45) is 0 Å². The molecule has 1 aromatic heterocycles. The fraction of sp³-hybridized carbons (Fsp3) is 0.250. The molecule has 0 radical (unpaired) electrons. The van der Waals surface area contributed by atoms with E-state index in [4.69, 9.17) is 0 Å². The highest BCUT2D eigenvalue weighted by molar-refractivity contribution is 5.37. The van der Waals surface area contributed by atoms with Crippen LogP contribution >= 0.6 is 0 Å². The molecule has 0 aliphatic carbocycles. The van der Waals surface area contributed by atoms with Gasteiger partial charge in [-0.05, 0) is 11.6 Å². The van der Waals surface area contributed by atoms with Crippen LogP contribution in [-0.4, -0.2) is 16.8 Å². The Kier molecular flexibility index (Phi) is 3.27. The van der Waals surface area contributed by atoms with Gasteiger partial charge in [-0.25, -0.2) is 0 Å². The minimum atomic E-state index is -4.34. The van der Waals surface area contributed by atoms with Crippen molar-refractivity contribution in [3.63, 3.8) is 0 Å². The number of nitrogens with one attached hydrogen (secondary N) is 1. The first-order valence-corrected chi connectivity index (χ1v) is 5.36. The summed E-state index contributed by atoms with van der Waals surface area (Å²) in [5, 5.41) is 6.86. The van der Waals surface area contributed by atoms with Gasteiger partial charge in [-0.3, -0.25) is 4.68 Å². The average Bonchev–Trinajstić information content (AvgIpc) is 2.76. The zero-order chi connectivity index (χ0) is 13.2. The summed E-state index contributed by atoms with van der Waals surface area (Å²) in [7, 11) is 1.73. The highest BCUT2D eigenvalue weighted by atomic mass is 19.4. The molecular weight excluding hydrogens is 243 g/mol. The first kappa shape index (κ1) is 12.5. The summed E-state index contributed by atoms with van der Waals surface area (Å²) in [6, 6.07) is 5.52. The lowest BCUT2D eigenvalue weighted by Crippen LogP contribution is -2.11. The molecule has 0 atom stereocenters. The smallest absolute Gasteiger partial charge is 0.386 e. The summed E-state index contributed by atoms with van der Waals surface area (Å²) in [5.74, 6) is 0. The molecule has 0 saturated heterocycles. The number of benzene rings is 1. The fourth-order valence-electron chi connectivity index (χ4n) is 1.69. The van der Waals surface area contributed by atoms with Crippen molar-refractivity contribution in [3.8, 4) is 0 Å². The second-order valence-corrected chi connectivity index (χ2v) is 3.83. The molecule has 2 aromatic rings. The first-order valence-electron chi connectivity index (χ1n) is 5.36. The van der Waals surface area contributed by atoms with E-state index < -0.39 is 11.7 Å². The van der Waals surface area contributed by atoms with Crippen molar-refractivity contribution in [2.75, 3.05) is 12.4 Å². The van der Waals surface area contributed by atoms with Crippen LogP contribution in [0.25, 0.3) is 0 Å². The highest BCUT2D eigenvalue weighted by Crippen LogP contribution is 2.32. The lowest BCUT2D eigenvalue weighted by molar-refractivity contribution is -0.138. The van der Waals surface area contributed by atoms with Crippen molar-refractivity contribution >= 4 is 5.69 Å². The molecular formula is C12H12F3N3. The van der Waals surface area contributed by atoms with E-state index >= 15 is 0 Å². The topological polar surface area (TPSA) is 29.9 Å². The Morgan fingerprint density at radius 2 is 2.00 bits per heavy atom. The lowest BCUT2D eigenvalue weighted by Gasteiger charge is -2.12. The van der Waals surface area contributed by atoms with E-state index in [2.05, 4.69) is 10.4 Å². The molecule has 0 aliphatic rings. The zero-order valence-electron chi connectivity index (χ0n) is 9.70. The average molecular weight is 255 g/mol. The van der Waals surface area contributed by atoms with Gasteiger partial charge >= 0.3 is 6.18 Å². The van der Waals surface area contributed by atoms with Crippen LogP contribution in [0.1, 0.15) is 11.1 Å². The van der Waals surface area contributed by atoms with Crippen LogP contribution in [0, 0.1) is 0 Å². The molecule has 0 amide bonds. The predicted octanol–water partition coefficient (Wildman–Crippen LogP) is 2.99.